The third kappa shape index (κ3) is 5.06. The molecule has 0 radical (unpaired) electrons. The SMILES string of the molecule is CCC(=O)N1CCc2cc(Br)c(S(=O)(=O)N3CCC[C@@H](C(=O)NCc4ccc(C)cc4)C3)cc21. The Morgan fingerprint density at radius 1 is 1.15 bits per heavy atom. The number of benzene rings is 2. The molecule has 0 unspecified atom stereocenters. The van der Waals surface area contributed by atoms with Crippen LogP contribution in [0.3, 0.4) is 0 Å². The molecule has 2 aliphatic heterocycles. The zero-order chi connectivity index (χ0) is 24.5. The van der Waals surface area contributed by atoms with E-state index in [0.717, 1.165) is 16.7 Å². The highest BCUT2D eigenvalue weighted by Gasteiger charge is 2.36. The Morgan fingerprint density at radius 3 is 2.59 bits per heavy atom. The largest absolute Gasteiger partial charge is 0.352 e. The van der Waals surface area contributed by atoms with Crippen molar-refractivity contribution in [3.8, 4) is 0 Å². The predicted molar refractivity (Wildman–Crippen MR) is 135 cm³/mol. The molecule has 182 valence electrons. The molecule has 4 rings (SSSR count). The number of hydrogen-bond acceptors (Lipinski definition) is 4. The van der Waals surface area contributed by atoms with Gasteiger partial charge in [-0.2, -0.15) is 4.31 Å². The lowest BCUT2D eigenvalue weighted by atomic mass is 9.98. The van der Waals surface area contributed by atoms with Gasteiger partial charge in [0.2, 0.25) is 21.8 Å². The number of sulfonamides is 1. The minimum absolute atomic E-state index is 0.0206. The third-order valence-electron chi connectivity index (χ3n) is 6.59. The molecule has 1 fully saturated rings. The van der Waals surface area contributed by atoms with Gasteiger partial charge in [-0.25, -0.2) is 8.42 Å². The van der Waals surface area contributed by atoms with Crippen LogP contribution < -0.4 is 10.2 Å². The number of halogens is 1. The lowest BCUT2D eigenvalue weighted by molar-refractivity contribution is -0.126. The third-order valence-corrected chi connectivity index (χ3v) is 9.42. The molecular formula is C25H30BrN3O4S. The van der Waals surface area contributed by atoms with Crippen LogP contribution in [-0.2, 0) is 32.6 Å². The second kappa shape index (κ2) is 10.2. The Hall–Kier alpha value is -2.23. The number of piperidine rings is 1. The summed E-state index contributed by atoms with van der Waals surface area (Å²) in [5.74, 6) is -0.554. The van der Waals surface area contributed by atoms with Crippen LogP contribution in [0.2, 0.25) is 0 Å². The number of carbonyl (C=O) groups excluding carboxylic acids is 2. The van der Waals surface area contributed by atoms with E-state index in [2.05, 4.69) is 21.2 Å². The van der Waals surface area contributed by atoms with Gasteiger partial charge in [0, 0.05) is 42.8 Å². The van der Waals surface area contributed by atoms with Crippen molar-refractivity contribution in [3.05, 3.63) is 57.6 Å². The Labute approximate surface area is 209 Å². The first-order chi connectivity index (χ1) is 16.2. The Bertz CT molecular complexity index is 1200. The number of rotatable bonds is 6. The highest BCUT2D eigenvalue weighted by molar-refractivity contribution is 9.10. The van der Waals surface area contributed by atoms with Crippen LogP contribution in [0, 0.1) is 12.8 Å². The lowest BCUT2D eigenvalue weighted by Crippen LogP contribution is -2.45. The van der Waals surface area contributed by atoms with E-state index in [1.165, 1.54) is 4.31 Å². The van der Waals surface area contributed by atoms with Gasteiger partial charge in [-0.05, 0) is 65.4 Å². The zero-order valence-corrected chi connectivity index (χ0v) is 21.9. The number of fused-ring (bicyclic) bond motifs is 1. The Morgan fingerprint density at radius 2 is 1.88 bits per heavy atom. The molecule has 2 aliphatic rings. The molecule has 2 aromatic carbocycles. The number of nitrogens with one attached hydrogen (secondary N) is 1. The molecule has 0 spiro atoms. The standard InChI is InChI=1S/C25H30BrN3O4S/c1-3-24(30)29-12-10-19-13-21(26)23(14-22(19)29)34(32,33)28-11-4-5-20(16-28)25(31)27-15-18-8-6-17(2)7-9-18/h6-9,13-14,20H,3-5,10-12,15-16H2,1-2H3,(H,27,31)/t20-/m1/s1. The molecule has 2 amide bonds. The van der Waals surface area contributed by atoms with E-state index in [0.29, 0.717) is 55.5 Å². The van der Waals surface area contributed by atoms with Crippen molar-refractivity contribution >= 4 is 43.5 Å². The van der Waals surface area contributed by atoms with E-state index in [4.69, 9.17) is 0 Å². The van der Waals surface area contributed by atoms with Crippen molar-refractivity contribution in [2.75, 3.05) is 24.5 Å². The van der Waals surface area contributed by atoms with Gasteiger partial charge in [0.05, 0.1) is 10.8 Å². The minimum atomic E-state index is -3.84. The van der Waals surface area contributed by atoms with Gasteiger partial charge >= 0.3 is 0 Å². The predicted octanol–water partition coefficient (Wildman–Crippen LogP) is 3.77. The normalized spacial score (nSPS) is 18.6. The summed E-state index contributed by atoms with van der Waals surface area (Å²) in [5, 5.41) is 2.96. The van der Waals surface area contributed by atoms with Gasteiger partial charge in [-0.1, -0.05) is 36.8 Å². The first-order valence-electron chi connectivity index (χ1n) is 11.7. The van der Waals surface area contributed by atoms with E-state index in [1.54, 1.807) is 24.0 Å². The quantitative estimate of drug-likeness (QED) is 0.596. The number of carbonyl (C=O) groups is 2. The van der Waals surface area contributed by atoms with Gasteiger partial charge in [0.25, 0.3) is 0 Å². The van der Waals surface area contributed by atoms with Crippen molar-refractivity contribution in [3.63, 3.8) is 0 Å². The number of aryl methyl sites for hydroxylation is 1. The summed E-state index contributed by atoms with van der Waals surface area (Å²) < 4.78 is 29.1. The smallest absolute Gasteiger partial charge is 0.244 e. The van der Waals surface area contributed by atoms with E-state index < -0.39 is 15.9 Å². The van der Waals surface area contributed by atoms with Crippen LogP contribution in [0.5, 0.6) is 0 Å². The first kappa shape index (κ1) is 24.9. The van der Waals surface area contributed by atoms with Crippen LogP contribution in [0.1, 0.15) is 42.9 Å². The molecule has 34 heavy (non-hydrogen) atoms. The van der Waals surface area contributed by atoms with Crippen molar-refractivity contribution < 1.29 is 18.0 Å². The zero-order valence-electron chi connectivity index (χ0n) is 19.5. The molecular weight excluding hydrogens is 518 g/mol. The van der Waals surface area contributed by atoms with Crippen LogP contribution >= 0.6 is 15.9 Å². The van der Waals surface area contributed by atoms with Crippen LogP contribution in [-0.4, -0.2) is 44.2 Å². The fourth-order valence-corrected chi connectivity index (χ4v) is 7.18. The van der Waals surface area contributed by atoms with Crippen molar-refractivity contribution in [2.24, 2.45) is 5.92 Å². The molecule has 2 heterocycles. The molecule has 7 nitrogen and oxygen atoms in total. The molecule has 0 aliphatic carbocycles. The minimum Gasteiger partial charge on any atom is -0.352 e. The Balaban J connectivity index is 1.50. The van der Waals surface area contributed by atoms with E-state index in [-0.39, 0.29) is 23.3 Å². The van der Waals surface area contributed by atoms with Gasteiger partial charge in [-0.3, -0.25) is 9.59 Å². The average Bonchev–Trinajstić information content (AvgIpc) is 3.25. The number of hydrogen-bond donors (Lipinski definition) is 1. The molecule has 1 atom stereocenters. The van der Waals surface area contributed by atoms with E-state index in [9.17, 15) is 18.0 Å². The summed E-state index contributed by atoms with van der Waals surface area (Å²) in [5.41, 5.74) is 3.79. The number of nitrogens with zero attached hydrogens (tertiary/aromatic N) is 2. The fourth-order valence-electron chi connectivity index (χ4n) is 4.59. The maximum Gasteiger partial charge on any atom is 0.244 e. The summed E-state index contributed by atoms with van der Waals surface area (Å²) in [6.45, 7) is 5.30. The average molecular weight is 549 g/mol. The van der Waals surface area contributed by atoms with Gasteiger partial charge < -0.3 is 10.2 Å². The summed E-state index contributed by atoms with van der Waals surface area (Å²) in [4.78, 5) is 27.0. The molecule has 9 heteroatoms. The van der Waals surface area contributed by atoms with Crippen LogP contribution in [0.15, 0.2) is 45.8 Å². The summed E-state index contributed by atoms with van der Waals surface area (Å²) in [6, 6.07) is 11.4. The van der Waals surface area contributed by atoms with Crippen LogP contribution in [0.25, 0.3) is 0 Å². The van der Waals surface area contributed by atoms with E-state index >= 15 is 0 Å². The van der Waals surface area contributed by atoms with E-state index in [1.807, 2.05) is 31.2 Å². The molecule has 2 aromatic rings. The fraction of sp³-hybridized carbons (Fsp3) is 0.440. The maximum absolute atomic E-state index is 13.6. The highest BCUT2D eigenvalue weighted by atomic mass is 79.9. The Kier molecular flexibility index (Phi) is 7.45. The van der Waals surface area contributed by atoms with Gasteiger partial charge in [0.15, 0.2) is 0 Å². The molecule has 0 bridgehead atoms. The van der Waals surface area contributed by atoms with Crippen molar-refractivity contribution in [1.29, 1.82) is 0 Å². The highest BCUT2D eigenvalue weighted by Crippen LogP contribution is 2.37. The van der Waals surface area contributed by atoms with Crippen molar-refractivity contribution in [1.82, 2.24) is 9.62 Å². The second-order valence-electron chi connectivity index (χ2n) is 8.97. The number of anilines is 1. The lowest BCUT2D eigenvalue weighted by Gasteiger charge is -2.31. The van der Waals surface area contributed by atoms with Crippen molar-refractivity contribution in [2.45, 2.75) is 51.0 Å². The summed E-state index contributed by atoms with van der Waals surface area (Å²) in [7, 11) is -3.84. The van der Waals surface area contributed by atoms with Crippen LogP contribution in [0.4, 0.5) is 5.69 Å². The summed E-state index contributed by atoms with van der Waals surface area (Å²) >= 11 is 3.44. The first-order valence-corrected chi connectivity index (χ1v) is 13.9. The molecule has 0 aromatic heterocycles. The molecule has 1 saturated heterocycles. The molecule has 1 N–H and O–H groups in total. The molecule has 0 saturated carbocycles. The monoisotopic (exact) mass is 547 g/mol. The number of amides is 2. The maximum atomic E-state index is 13.6. The second-order valence-corrected chi connectivity index (χ2v) is 11.7. The van der Waals surface area contributed by atoms with Gasteiger partial charge in [-0.15, -0.1) is 0 Å². The van der Waals surface area contributed by atoms with Gasteiger partial charge in [0.1, 0.15) is 0 Å². The topological polar surface area (TPSA) is 86.8 Å². The summed E-state index contributed by atoms with van der Waals surface area (Å²) in [6.07, 6.45) is 2.33.